The maximum absolute atomic E-state index is 15.0. The van der Waals surface area contributed by atoms with Gasteiger partial charge in [0.2, 0.25) is 6.17 Å². The fraction of sp³-hybridized carbons (Fsp3) is 0.129. The molecule has 42 heavy (non-hydrogen) atoms. The van der Waals surface area contributed by atoms with E-state index in [4.69, 9.17) is 0 Å². The van der Waals surface area contributed by atoms with Crippen LogP contribution in [0, 0.1) is 11.6 Å². The van der Waals surface area contributed by atoms with E-state index in [1.54, 1.807) is 54.6 Å². The van der Waals surface area contributed by atoms with Crippen LogP contribution in [0.25, 0.3) is 16.9 Å². The molecule has 2 aliphatic rings. The molecule has 1 atom stereocenters. The van der Waals surface area contributed by atoms with E-state index < -0.39 is 29.6 Å². The fourth-order valence-corrected chi connectivity index (χ4v) is 5.10. The number of carbonyl (C=O) groups excluding carboxylic acids is 2. The molecule has 2 N–H and O–H groups in total. The molecule has 0 aliphatic carbocycles. The normalized spacial score (nSPS) is 16.2. The molecule has 0 radical (unpaired) electrons. The maximum atomic E-state index is 15.0. The predicted molar refractivity (Wildman–Crippen MR) is 154 cm³/mol. The zero-order chi connectivity index (χ0) is 28.8. The van der Waals surface area contributed by atoms with E-state index in [-0.39, 0.29) is 22.6 Å². The number of aromatic nitrogens is 3. The molecule has 0 bridgehead atoms. The van der Waals surface area contributed by atoms with Crippen molar-refractivity contribution in [2.75, 3.05) is 23.3 Å². The van der Waals surface area contributed by atoms with Gasteiger partial charge in [0.15, 0.2) is 11.3 Å². The van der Waals surface area contributed by atoms with Gasteiger partial charge in [0, 0.05) is 29.8 Å². The van der Waals surface area contributed by atoms with Gasteiger partial charge in [0.25, 0.3) is 11.8 Å². The number of hydrogen-bond donors (Lipinski definition) is 2. The van der Waals surface area contributed by atoms with Gasteiger partial charge >= 0.3 is 0 Å². The summed E-state index contributed by atoms with van der Waals surface area (Å²) in [6.07, 6.45) is -0.420. The molecule has 4 heterocycles. The number of anilines is 2. The van der Waals surface area contributed by atoms with Crippen molar-refractivity contribution in [2.45, 2.75) is 12.6 Å². The highest BCUT2D eigenvalue weighted by Gasteiger charge is 2.32. The first-order valence-corrected chi connectivity index (χ1v) is 13.4. The molecule has 1 saturated heterocycles. The van der Waals surface area contributed by atoms with Crippen molar-refractivity contribution in [3.05, 3.63) is 113 Å². The molecule has 208 valence electrons. The van der Waals surface area contributed by atoms with Gasteiger partial charge in [0.1, 0.15) is 23.1 Å². The van der Waals surface area contributed by atoms with E-state index in [1.165, 1.54) is 28.8 Å². The predicted octanol–water partition coefficient (Wildman–Crippen LogP) is 4.43. The third-order valence-corrected chi connectivity index (χ3v) is 7.33. The smallest absolute Gasteiger partial charge is 0.274 e. The van der Waals surface area contributed by atoms with E-state index in [0.29, 0.717) is 28.3 Å². The van der Waals surface area contributed by atoms with Gasteiger partial charge in [-0.2, -0.15) is 0 Å². The monoisotopic (exact) mass is 563 g/mol. The Bertz CT molecular complexity index is 1900. The van der Waals surface area contributed by atoms with Gasteiger partial charge in [0.05, 0.1) is 11.4 Å². The summed E-state index contributed by atoms with van der Waals surface area (Å²) < 4.78 is 31.2. The minimum absolute atomic E-state index is 0.0374. The quantitative estimate of drug-likeness (QED) is 0.329. The van der Waals surface area contributed by atoms with Crippen LogP contribution in [-0.2, 0) is 4.79 Å². The van der Waals surface area contributed by atoms with Crippen molar-refractivity contribution in [1.82, 2.24) is 19.9 Å². The van der Waals surface area contributed by atoms with Crippen LogP contribution in [0.5, 0.6) is 0 Å². The molecule has 3 aromatic carbocycles. The minimum Gasteiger partial charge on any atom is -0.355 e. The second-order valence-corrected chi connectivity index (χ2v) is 9.96. The number of benzene rings is 3. The molecular weight excluding hydrogens is 540 g/mol. The van der Waals surface area contributed by atoms with Gasteiger partial charge in [-0.15, -0.1) is 5.10 Å². The highest BCUT2D eigenvalue weighted by molar-refractivity contribution is 6.20. The zero-order valence-electron chi connectivity index (χ0n) is 22.1. The van der Waals surface area contributed by atoms with Crippen molar-refractivity contribution >= 4 is 34.7 Å². The second kappa shape index (κ2) is 10.2. The van der Waals surface area contributed by atoms with Crippen LogP contribution >= 0.6 is 0 Å². The Balaban J connectivity index is 1.35. The van der Waals surface area contributed by atoms with Gasteiger partial charge in [-0.1, -0.05) is 54.6 Å². The molecule has 0 unspecified atom stereocenters. The van der Waals surface area contributed by atoms with Gasteiger partial charge in [-0.3, -0.25) is 9.59 Å². The minimum atomic E-state index is -1.45. The van der Waals surface area contributed by atoms with E-state index in [1.807, 2.05) is 11.0 Å². The summed E-state index contributed by atoms with van der Waals surface area (Å²) in [5, 5.41) is 9.88. The number of hydrogen-bond acceptors (Lipinski definition) is 6. The van der Waals surface area contributed by atoms with Crippen LogP contribution in [0.1, 0.15) is 28.0 Å². The van der Waals surface area contributed by atoms with Gasteiger partial charge in [-0.05, 0) is 36.8 Å². The first kappa shape index (κ1) is 25.5. The number of benzodiazepines with no additional fused rings is 1. The van der Waals surface area contributed by atoms with Gasteiger partial charge < -0.3 is 15.5 Å². The lowest BCUT2D eigenvalue weighted by Gasteiger charge is -2.31. The van der Waals surface area contributed by atoms with Crippen LogP contribution in [0.15, 0.2) is 89.9 Å². The summed E-state index contributed by atoms with van der Waals surface area (Å²) in [5.41, 5.74) is 1.72. The molecule has 0 saturated carbocycles. The van der Waals surface area contributed by atoms with Crippen LogP contribution in [0.2, 0.25) is 0 Å². The number of halogens is 2. The van der Waals surface area contributed by atoms with Gasteiger partial charge in [-0.25, -0.2) is 23.3 Å². The lowest BCUT2D eigenvalue weighted by molar-refractivity contribution is -0.117. The first-order valence-electron chi connectivity index (χ1n) is 13.4. The summed E-state index contributed by atoms with van der Waals surface area (Å²) in [7, 11) is 0. The van der Waals surface area contributed by atoms with Crippen molar-refractivity contribution in [3.63, 3.8) is 0 Å². The molecule has 2 aromatic heterocycles. The third kappa shape index (κ3) is 4.35. The Morgan fingerprint density at radius 2 is 1.62 bits per heavy atom. The summed E-state index contributed by atoms with van der Waals surface area (Å²) in [5.74, 6) is -2.06. The number of fused-ring (bicyclic) bond motifs is 2. The number of rotatable bonds is 5. The van der Waals surface area contributed by atoms with Crippen LogP contribution in [0.4, 0.5) is 20.3 Å². The molecule has 2 amide bonds. The molecule has 7 rings (SSSR count). The third-order valence-electron chi connectivity index (χ3n) is 7.33. The van der Waals surface area contributed by atoms with Crippen molar-refractivity contribution in [1.29, 1.82) is 0 Å². The summed E-state index contributed by atoms with van der Waals surface area (Å²) in [4.78, 5) is 38.6. The number of nitrogens with zero attached hydrogens (tertiary/aromatic N) is 5. The Kier molecular flexibility index (Phi) is 6.19. The van der Waals surface area contributed by atoms with E-state index in [9.17, 15) is 18.4 Å². The van der Waals surface area contributed by atoms with Crippen LogP contribution in [0.3, 0.4) is 0 Å². The zero-order valence-corrected chi connectivity index (χ0v) is 22.1. The average molecular weight is 564 g/mol. The lowest BCUT2D eigenvalue weighted by Crippen LogP contribution is -2.43. The summed E-state index contributed by atoms with van der Waals surface area (Å²) in [6, 6.07) is 22.9. The molecule has 0 spiro atoms. The Morgan fingerprint density at radius 3 is 2.38 bits per heavy atom. The largest absolute Gasteiger partial charge is 0.355 e. The van der Waals surface area contributed by atoms with Crippen LogP contribution in [-0.4, -0.2) is 51.4 Å². The van der Waals surface area contributed by atoms with Crippen molar-refractivity contribution in [2.24, 2.45) is 4.99 Å². The molecule has 11 heteroatoms. The topological polar surface area (TPSA) is 104 Å². The number of nitrogens with one attached hydrogen (secondary N) is 2. The Morgan fingerprint density at radius 1 is 0.881 bits per heavy atom. The molecule has 2 aliphatic heterocycles. The summed E-state index contributed by atoms with van der Waals surface area (Å²) in [6.45, 7) is 1.65. The number of carbonyl (C=O) groups is 2. The SMILES string of the molecule is O=C(N[C@H]1N=C(c2ccccc2)c2cccc(F)c2NC1=O)c1c(-c2ccccc2F)nc2ccc(N3CCC3)nn12. The van der Waals surface area contributed by atoms with Crippen LogP contribution < -0.4 is 15.5 Å². The maximum Gasteiger partial charge on any atom is 0.274 e. The standard InChI is InChI=1S/C31H23F2N7O2/c32-21-12-5-4-10-19(21)27-28(40-23(34-27)14-15-24(38-40)39-16-7-17-39)30(41)37-29-31(42)36-26-20(11-6-13-22(26)33)25(35-29)18-8-2-1-3-9-18/h1-6,8-15,29H,7,16-17H2,(H,36,42)(H,37,41)/t29-/m1/s1. The number of amides is 2. The lowest BCUT2D eigenvalue weighted by atomic mass is 10.0. The van der Waals surface area contributed by atoms with E-state index in [0.717, 1.165) is 19.5 Å². The highest BCUT2D eigenvalue weighted by Crippen LogP contribution is 2.30. The van der Waals surface area contributed by atoms with E-state index in [2.05, 4.69) is 25.7 Å². The fourth-order valence-electron chi connectivity index (χ4n) is 5.10. The highest BCUT2D eigenvalue weighted by atomic mass is 19.1. The Labute approximate surface area is 238 Å². The molecular formula is C31H23F2N7O2. The molecule has 9 nitrogen and oxygen atoms in total. The summed E-state index contributed by atoms with van der Waals surface area (Å²) >= 11 is 0. The van der Waals surface area contributed by atoms with Crippen molar-refractivity contribution in [3.8, 4) is 11.3 Å². The number of aliphatic imine (C=N–C) groups is 1. The number of imidazole rings is 1. The molecule has 1 fully saturated rings. The first-order chi connectivity index (χ1) is 20.5. The van der Waals surface area contributed by atoms with Crippen molar-refractivity contribution < 1.29 is 18.4 Å². The Hall–Kier alpha value is -5.45. The molecule has 5 aromatic rings. The number of para-hydroxylation sites is 1. The van der Waals surface area contributed by atoms with E-state index >= 15 is 0 Å². The second-order valence-electron chi connectivity index (χ2n) is 9.96. The average Bonchev–Trinajstić information content (AvgIpc) is 3.28.